The molecular weight excluding hydrogens is 286 g/mol. The van der Waals surface area contributed by atoms with Gasteiger partial charge in [-0.1, -0.05) is 6.92 Å². The normalized spacial score (nSPS) is 12.9. The van der Waals surface area contributed by atoms with Gasteiger partial charge in [0, 0.05) is 4.88 Å². The Labute approximate surface area is 108 Å². The number of rotatable bonds is 4. The molecule has 86 valence electrons. The van der Waals surface area contributed by atoms with E-state index in [9.17, 15) is 0 Å². The molecule has 2 aromatic rings. The third-order valence-corrected chi connectivity index (χ3v) is 4.04. The monoisotopic (exact) mass is 299 g/mol. The highest BCUT2D eigenvalue weighted by Crippen LogP contribution is 2.31. The van der Waals surface area contributed by atoms with Crippen LogP contribution in [0.25, 0.3) is 0 Å². The third kappa shape index (κ3) is 2.24. The standard InChI is InChI=1S/C12H14BrNOS/c1-3-8-6-7-16-12(8)11(14-2)9-4-5-10(13)15-9/h4-7,11,14H,3H2,1-2H3. The number of halogens is 1. The minimum atomic E-state index is 0.154. The van der Waals surface area contributed by atoms with Crippen molar-refractivity contribution in [1.29, 1.82) is 0 Å². The molecule has 0 saturated carbocycles. The Morgan fingerprint density at radius 3 is 2.81 bits per heavy atom. The molecule has 0 aliphatic carbocycles. The topological polar surface area (TPSA) is 25.2 Å². The summed E-state index contributed by atoms with van der Waals surface area (Å²) in [5, 5.41) is 5.44. The van der Waals surface area contributed by atoms with Gasteiger partial charge >= 0.3 is 0 Å². The second kappa shape index (κ2) is 5.17. The third-order valence-electron chi connectivity index (χ3n) is 2.59. The Morgan fingerprint density at radius 1 is 1.44 bits per heavy atom. The first-order valence-corrected chi connectivity index (χ1v) is 6.92. The van der Waals surface area contributed by atoms with Crippen LogP contribution in [-0.4, -0.2) is 7.05 Å². The van der Waals surface area contributed by atoms with Crippen LogP contribution in [0.15, 0.2) is 32.7 Å². The maximum atomic E-state index is 5.62. The molecule has 2 rings (SSSR count). The molecule has 16 heavy (non-hydrogen) atoms. The van der Waals surface area contributed by atoms with Gasteiger partial charge in [-0.15, -0.1) is 11.3 Å². The van der Waals surface area contributed by atoms with Crippen LogP contribution in [0.3, 0.4) is 0 Å². The van der Waals surface area contributed by atoms with Gasteiger partial charge in [-0.3, -0.25) is 0 Å². The van der Waals surface area contributed by atoms with Gasteiger partial charge < -0.3 is 9.73 Å². The van der Waals surface area contributed by atoms with Crippen LogP contribution in [0.4, 0.5) is 0 Å². The summed E-state index contributed by atoms with van der Waals surface area (Å²) in [6.07, 6.45) is 1.05. The van der Waals surface area contributed by atoms with E-state index in [1.165, 1.54) is 10.4 Å². The first-order valence-electron chi connectivity index (χ1n) is 5.25. The molecule has 0 spiro atoms. The van der Waals surface area contributed by atoms with Gasteiger partial charge in [-0.2, -0.15) is 0 Å². The molecule has 1 N–H and O–H groups in total. The highest BCUT2D eigenvalue weighted by molar-refractivity contribution is 9.10. The van der Waals surface area contributed by atoms with E-state index >= 15 is 0 Å². The van der Waals surface area contributed by atoms with E-state index in [-0.39, 0.29) is 6.04 Å². The van der Waals surface area contributed by atoms with Crippen molar-refractivity contribution < 1.29 is 4.42 Å². The highest BCUT2D eigenvalue weighted by atomic mass is 79.9. The molecule has 0 fully saturated rings. The number of aryl methyl sites for hydroxylation is 1. The fourth-order valence-electron chi connectivity index (χ4n) is 1.78. The summed E-state index contributed by atoms with van der Waals surface area (Å²) in [5.41, 5.74) is 1.39. The predicted octanol–water partition coefficient (Wildman–Crippen LogP) is 3.97. The van der Waals surface area contributed by atoms with Crippen molar-refractivity contribution in [3.8, 4) is 0 Å². The van der Waals surface area contributed by atoms with Crippen LogP contribution < -0.4 is 5.32 Å². The van der Waals surface area contributed by atoms with E-state index in [0.29, 0.717) is 0 Å². The summed E-state index contributed by atoms with van der Waals surface area (Å²) < 4.78 is 6.40. The van der Waals surface area contributed by atoms with Crippen molar-refractivity contribution in [2.45, 2.75) is 19.4 Å². The average molecular weight is 300 g/mol. The van der Waals surface area contributed by atoms with Gasteiger partial charge in [0.05, 0.1) is 0 Å². The van der Waals surface area contributed by atoms with Crippen LogP contribution >= 0.6 is 27.3 Å². The molecule has 1 atom stereocenters. The first kappa shape index (κ1) is 11.9. The number of furan rings is 1. The molecule has 2 nitrogen and oxygen atoms in total. The molecular formula is C12H14BrNOS. The number of nitrogens with one attached hydrogen (secondary N) is 1. The molecule has 0 aromatic carbocycles. The lowest BCUT2D eigenvalue weighted by Crippen LogP contribution is -2.16. The summed E-state index contributed by atoms with van der Waals surface area (Å²) in [4.78, 5) is 1.34. The summed E-state index contributed by atoms with van der Waals surface area (Å²) in [6.45, 7) is 2.18. The summed E-state index contributed by atoms with van der Waals surface area (Å²) in [7, 11) is 1.96. The highest BCUT2D eigenvalue weighted by Gasteiger charge is 2.19. The predicted molar refractivity (Wildman–Crippen MR) is 71.0 cm³/mol. The van der Waals surface area contributed by atoms with Gasteiger partial charge in [-0.05, 0) is 58.5 Å². The quantitative estimate of drug-likeness (QED) is 0.924. The van der Waals surface area contributed by atoms with Crippen LogP contribution in [0, 0.1) is 0 Å². The van der Waals surface area contributed by atoms with E-state index in [1.54, 1.807) is 11.3 Å². The van der Waals surface area contributed by atoms with Gasteiger partial charge in [0.2, 0.25) is 0 Å². The SMILES string of the molecule is CCc1ccsc1C(NC)c1ccc(Br)o1. The lowest BCUT2D eigenvalue weighted by atomic mass is 10.1. The molecule has 2 aromatic heterocycles. The molecule has 2 heterocycles. The van der Waals surface area contributed by atoms with Gasteiger partial charge in [-0.25, -0.2) is 0 Å². The van der Waals surface area contributed by atoms with Crippen molar-refractivity contribution in [2.24, 2.45) is 0 Å². The fraction of sp³-hybridized carbons (Fsp3) is 0.333. The van der Waals surface area contributed by atoms with Crippen LogP contribution in [0.1, 0.15) is 29.2 Å². The molecule has 0 aliphatic rings. The smallest absolute Gasteiger partial charge is 0.169 e. The maximum Gasteiger partial charge on any atom is 0.169 e. The van der Waals surface area contributed by atoms with Crippen LogP contribution in [0.2, 0.25) is 0 Å². The Bertz CT molecular complexity index is 463. The minimum absolute atomic E-state index is 0.154. The van der Waals surface area contributed by atoms with Crippen molar-refractivity contribution in [1.82, 2.24) is 5.32 Å². The van der Waals surface area contributed by atoms with Crippen molar-refractivity contribution >= 4 is 27.3 Å². The maximum absolute atomic E-state index is 5.62. The number of hydrogen-bond acceptors (Lipinski definition) is 3. The molecule has 0 bridgehead atoms. The second-order valence-electron chi connectivity index (χ2n) is 3.53. The molecule has 4 heteroatoms. The Balaban J connectivity index is 2.36. The summed E-state index contributed by atoms with van der Waals surface area (Å²) >= 11 is 5.11. The van der Waals surface area contributed by atoms with Crippen molar-refractivity contribution in [2.75, 3.05) is 7.05 Å². The molecule has 0 amide bonds. The summed E-state index contributed by atoms with van der Waals surface area (Å²) in [5.74, 6) is 0.950. The molecule has 0 radical (unpaired) electrons. The summed E-state index contributed by atoms with van der Waals surface area (Å²) in [6, 6.07) is 6.27. The number of thiophene rings is 1. The van der Waals surface area contributed by atoms with Gasteiger partial charge in [0.1, 0.15) is 11.8 Å². The van der Waals surface area contributed by atoms with Crippen molar-refractivity contribution in [3.63, 3.8) is 0 Å². The largest absolute Gasteiger partial charge is 0.452 e. The van der Waals surface area contributed by atoms with E-state index < -0.39 is 0 Å². The zero-order valence-corrected chi connectivity index (χ0v) is 11.7. The zero-order chi connectivity index (χ0) is 11.5. The van der Waals surface area contributed by atoms with E-state index in [0.717, 1.165) is 16.9 Å². The van der Waals surface area contributed by atoms with Gasteiger partial charge in [0.25, 0.3) is 0 Å². The minimum Gasteiger partial charge on any atom is -0.452 e. The van der Waals surface area contributed by atoms with Crippen LogP contribution in [0.5, 0.6) is 0 Å². The first-order chi connectivity index (χ1) is 7.76. The zero-order valence-electron chi connectivity index (χ0n) is 9.29. The lowest BCUT2D eigenvalue weighted by Gasteiger charge is -2.13. The molecule has 0 aliphatic heterocycles. The average Bonchev–Trinajstić information content (AvgIpc) is 2.89. The Kier molecular flexibility index (Phi) is 3.84. The van der Waals surface area contributed by atoms with E-state index in [2.05, 4.69) is 39.6 Å². The second-order valence-corrected chi connectivity index (χ2v) is 5.26. The Hall–Kier alpha value is -0.580. The number of hydrogen-bond donors (Lipinski definition) is 1. The fourth-order valence-corrected chi connectivity index (χ4v) is 3.21. The van der Waals surface area contributed by atoms with E-state index in [4.69, 9.17) is 4.42 Å². The Morgan fingerprint density at radius 2 is 2.25 bits per heavy atom. The van der Waals surface area contributed by atoms with Gasteiger partial charge in [0.15, 0.2) is 4.67 Å². The lowest BCUT2D eigenvalue weighted by molar-refractivity contribution is 0.449. The molecule has 0 saturated heterocycles. The molecule has 1 unspecified atom stereocenters. The van der Waals surface area contributed by atoms with E-state index in [1.807, 2.05) is 19.2 Å². The van der Waals surface area contributed by atoms with Crippen molar-refractivity contribution in [3.05, 3.63) is 44.4 Å². The van der Waals surface area contributed by atoms with Crippen LogP contribution in [-0.2, 0) is 6.42 Å².